The van der Waals surface area contributed by atoms with Crippen LogP contribution in [0.5, 0.6) is 0 Å². The number of rotatable bonds is 5. The zero-order valence-corrected chi connectivity index (χ0v) is 19.5. The molecule has 3 rings (SSSR count). The highest BCUT2D eigenvalue weighted by Gasteiger charge is 2.25. The van der Waals surface area contributed by atoms with E-state index in [9.17, 15) is 0 Å². The second-order valence-electron chi connectivity index (χ2n) is 7.04. The van der Waals surface area contributed by atoms with E-state index in [-0.39, 0.29) is 30.1 Å². The fourth-order valence-corrected chi connectivity index (χ4v) is 3.63. The van der Waals surface area contributed by atoms with Crippen LogP contribution < -0.4 is 5.32 Å². The molecule has 1 unspecified atom stereocenters. The van der Waals surface area contributed by atoms with Crippen molar-refractivity contribution < 1.29 is 9.26 Å². The molecule has 1 N–H and O–H groups in total. The van der Waals surface area contributed by atoms with Crippen LogP contribution in [-0.2, 0) is 11.2 Å². The number of aliphatic imine (C=N–C) groups is 1. The van der Waals surface area contributed by atoms with E-state index in [1.54, 1.807) is 0 Å². The van der Waals surface area contributed by atoms with Crippen LogP contribution in [0, 0.1) is 20.8 Å². The number of benzene rings is 1. The van der Waals surface area contributed by atoms with E-state index in [0.717, 1.165) is 49.9 Å². The van der Waals surface area contributed by atoms with Gasteiger partial charge in [0.05, 0.1) is 18.8 Å². The summed E-state index contributed by atoms with van der Waals surface area (Å²) in [6.45, 7) is 9.35. The number of morpholine rings is 1. The topological polar surface area (TPSA) is 62.9 Å². The second kappa shape index (κ2) is 10.8. The van der Waals surface area contributed by atoms with Crippen molar-refractivity contribution in [2.75, 3.05) is 33.3 Å². The third-order valence-electron chi connectivity index (χ3n) is 5.18. The lowest BCUT2D eigenvalue weighted by atomic mass is 10.0. The molecule has 1 atom stereocenters. The van der Waals surface area contributed by atoms with Crippen molar-refractivity contribution in [2.24, 2.45) is 4.99 Å². The molecule has 1 aliphatic heterocycles. The lowest BCUT2D eigenvalue weighted by Gasteiger charge is -2.35. The first-order chi connectivity index (χ1) is 13.1. The lowest BCUT2D eigenvalue weighted by molar-refractivity contribution is -0.00830. The molecular formula is C21H31IN4O2. The van der Waals surface area contributed by atoms with E-state index in [1.165, 1.54) is 16.7 Å². The number of halogens is 1. The quantitative estimate of drug-likeness (QED) is 0.294. The van der Waals surface area contributed by atoms with Gasteiger partial charge in [0.1, 0.15) is 11.9 Å². The highest BCUT2D eigenvalue weighted by molar-refractivity contribution is 14.0. The summed E-state index contributed by atoms with van der Waals surface area (Å²) in [6, 6.07) is 8.44. The number of hydrogen-bond donors (Lipinski definition) is 1. The third kappa shape index (κ3) is 5.47. The van der Waals surface area contributed by atoms with Crippen molar-refractivity contribution in [1.29, 1.82) is 0 Å². The van der Waals surface area contributed by atoms with Crippen molar-refractivity contribution in [3.8, 4) is 0 Å². The minimum absolute atomic E-state index is 0. The van der Waals surface area contributed by atoms with Gasteiger partial charge in [-0.3, -0.25) is 4.99 Å². The van der Waals surface area contributed by atoms with Gasteiger partial charge in [0.25, 0.3) is 0 Å². The summed E-state index contributed by atoms with van der Waals surface area (Å²) in [5, 5.41) is 7.52. The van der Waals surface area contributed by atoms with Crippen LogP contribution in [0.15, 0.2) is 33.8 Å². The van der Waals surface area contributed by atoms with Gasteiger partial charge in [-0.1, -0.05) is 29.4 Å². The first-order valence-electron chi connectivity index (χ1n) is 9.64. The van der Waals surface area contributed by atoms with Crippen LogP contribution >= 0.6 is 24.0 Å². The molecule has 7 heteroatoms. The van der Waals surface area contributed by atoms with Crippen LogP contribution in [0.2, 0.25) is 0 Å². The average molecular weight is 498 g/mol. The number of aromatic nitrogens is 1. The van der Waals surface area contributed by atoms with Gasteiger partial charge in [0.15, 0.2) is 5.96 Å². The number of nitrogens with one attached hydrogen (secondary N) is 1. The van der Waals surface area contributed by atoms with Crippen LogP contribution in [0.3, 0.4) is 0 Å². The zero-order valence-electron chi connectivity index (χ0n) is 17.2. The number of nitrogens with zero attached hydrogens (tertiary/aromatic N) is 3. The van der Waals surface area contributed by atoms with Gasteiger partial charge < -0.3 is 19.5 Å². The average Bonchev–Trinajstić information content (AvgIpc) is 3.00. The van der Waals surface area contributed by atoms with E-state index >= 15 is 0 Å². The summed E-state index contributed by atoms with van der Waals surface area (Å²) in [7, 11) is 1.84. The lowest BCUT2D eigenvalue weighted by Crippen LogP contribution is -2.48. The summed E-state index contributed by atoms with van der Waals surface area (Å²) in [5.41, 5.74) is 4.74. The van der Waals surface area contributed by atoms with Gasteiger partial charge in [0.2, 0.25) is 0 Å². The molecule has 28 heavy (non-hydrogen) atoms. The van der Waals surface area contributed by atoms with Crippen molar-refractivity contribution in [3.63, 3.8) is 0 Å². The van der Waals surface area contributed by atoms with Crippen molar-refractivity contribution in [2.45, 2.75) is 39.7 Å². The Morgan fingerprint density at radius 3 is 2.75 bits per heavy atom. The fourth-order valence-electron chi connectivity index (χ4n) is 3.63. The number of guanidine groups is 1. The van der Waals surface area contributed by atoms with Crippen LogP contribution in [-0.4, -0.2) is 49.3 Å². The van der Waals surface area contributed by atoms with Gasteiger partial charge >= 0.3 is 0 Å². The molecular weight excluding hydrogens is 467 g/mol. The Morgan fingerprint density at radius 1 is 1.29 bits per heavy atom. The number of aryl methyl sites for hydroxylation is 3. The van der Waals surface area contributed by atoms with Crippen LogP contribution in [0.4, 0.5) is 0 Å². The molecule has 154 valence electrons. The molecule has 0 spiro atoms. The molecule has 2 aromatic rings. The minimum atomic E-state index is 0. The van der Waals surface area contributed by atoms with Crippen LogP contribution in [0.25, 0.3) is 0 Å². The summed E-state index contributed by atoms with van der Waals surface area (Å²) in [5.74, 6) is 1.86. The molecule has 2 heterocycles. The molecule has 1 aliphatic rings. The van der Waals surface area contributed by atoms with E-state index in [0.29, 0.717) is 6.61 Å². The predicted molar refractivity (Wildman–Crippen MR) is 123 cm³/mol. The minimum Gasteiger partial charge on any atom is -0.370 e. The normalized spacial score (nSPS) is 17.4. The maximum atomic E-state index is 6.03. The SMILES string of the molecule is CN=C(NCCCc1c(C)noc1C)N1CCOC(c2ccccc2C)C1.I. The molecule has 1 fully saturated rings. The molecule has 0 saturated carbocycles. The smallest absolute Gasteiger partial charge is 0.193 e. The Bertz CT molecular complexity index is 771. The summed E-state index contributed by atoms with van der Waals surface area (Å²) in [4.78, 5) is 6.77. The molecule has 1 saturated heterocycles. The first kappa shape index (κ1) is 22.7. The summed E-state index contributed by atoms with van der Waals surface area (Å²) in [6.07, 6.45) is 2.05. The molecule has 1 aromatic carbocycles. The standard InChI is InChI=1S/C21H30N4O2.HI/c1-15-8-5-6-9-18(15)20-14-25(12-13-26-20)21(22-4)23-11-7-10-19-16(2)24-27-17(19)3;/h5-6,8-9,20H,7,10-14H2,1-4H3,(H,22,23);1H. The fraction of sp³-hybridized carbons (Fsp3) is 0.524. The first-order valence-corrected chi connectivity index (χ1v) is 9.64. The van der Waals surface area contributed by atoms with Gasteiger partial charge in [-0.05, 0) is 44.7 Å². The summed E-state index contributed by atoms with van der Waals surface area (Å²) < 4.78 is 11.3. The molecule has 0 aliphatic carbocycles. The predicted octanol–water partition coefficient (Wildman–Crippen LogP) is 3.80. The Hall–Kier alpha value is -1.61. The maximum absolute atomic E-state index is 6.03. The van der Waals surface area contributed by atoms with Crippen molar-refractivity contribution in [1.82, 2.24) is 15.4 Å². The second-order valence-corrected chi connectivity index (χ2v) is 7.04. The zero-order chi connectivity index (χ0) is 19.2. The number of ether oxygens (including phenoxy) is 1. The van der Waals surface area contributed by atoms with E-state index in [4.69, 9.17) is 9.26 Å². The third-order valence-corrected chi connectivity index (χ3v) is 5.18. The monoisotopic (exact) mass is 498 g/mol. The van der Waals surface area contributed by atoms with E-state index in [1.807, 2.05) is 20.9 Å². The summed E-state index contributed by atoms with van der Waals surface area (Å²) >= 11 is 0. The number of hydrogen-bond acceptors (Lipinski definition) is 4. The highest BCUT2D eigenvalue weighted by Crippen LogP contribution is 2.25. The molecule has 6 nitrogen and oxygen atoms in total. The van der Waals surface area contributed by atoms with Crippen LogP contribution in [0.1, 0.15) is 40.7 Å². The Labute approximate surface area is 184 Å². The Morgan fingerprint density at radius 2 is 2.07 bits per heavy atom. The molecule has 0 bridgehead atoms. The van der Waals surface area contributed by atoms with Crippen molar-refractivity contribution in [3.05, 3.63) is 52.4 Å². The molecule has 1 aromatic heterocycles. The molecule has 0 amide bonds. The van der Waals surface area contributed by atoms with Crippen molar-refractivity contribution >= 4 is 29.9 Å². The van der Waals surface area contributed by atoms with Gasteiger partial charge in [-0.25, -0.2) is 0 Å². The van der Waals surface area contributed by atoms with E-state index in [2.05, 4.69) is 51.6 Å². The molecule has 0 radical (unpaired) electrons. The van der Waals surface area contributed by atoms with E-state index < -0.39 is 0 Å². The van der Waals surface area contributed by atoms with Gasteiger partial charge in [0, 0.05) is 25.7 Å². The van der Waals surface area contributed by atoms with Gasteiger partial charge in [-0.15, -0.1) is 24.0 Å². The maximum Gasteiger partial charge on any atom is 0.193 e. The Kier molecular flexibility index (Phi) is 8.75. The van der Waals surface area contributed by atoms with Gasteiger partial charge in [-0.2, -0.15) is 0 Å². The highest BCUT2D eigenvalue weighted by atomic mass is 127. The Balaban J connectivity index is 0.00000280. The largest absolute Gasteiger partial charge is 0.370 e.